The average Bonchev–Trinajstić information content (AvgIpc) is 2.61. The second kappa shape index (κ2) is 7.83. The molecule has 0 saturated carbocycles. The van der Waals surface area contributed by atoms with E-state index in [2.05, 4.69) is 39.0 Å². The van der Waals surface area contributed by atoms with Gasteiger partial charge >= 0.3 is 0 Å². The summed E-state index contributed by atoms with van der Waals surface area (Å²) in [7, 11) is 0. The van der Waals surface area contributed by atoms with Crippen LogP contribution in [-0.4, -0.2) is 44.0 Å². The molecule has 2 aromatic heterocycles. The van der Waals surface area contributed by atoms with Gasteiger partial charge in [-0.15, -0.1) is 0 Å². The molecule has 4 nitrogen and oxygen atoms in total. The first-order valence-corrected chi connectivity index (χ1v) is 9.78. The Balaban J connectivity index is 1.75. The minimum Gasteiger partial charge on any atom is -0.369 e. The summed E-state index contributed by atoms with van der Waals surface area (Å²) in [6, 6.07) is 7.87. The predicted molar refractivity (Wildman–Crippen MR) is 96.7 cm³/mol. The molecule has 1 aliphatic heterocycles. The monoisotopic (exact) mass is 332 g/mol. The molecule has 2 aromatic rings. The number of pyridine rings is 1. The molecular weight excluding hydrogens is 312 g/mol. The molecule has 0 aromatic carbocycles. The first kappa shape index (κ1) is 15.6. The van der Waals surface area contributed by atoms with E-state index in [1.54, 1.807) is 6.20 Å². The summed E-state index contributed by atoms with van der Waals surface area (Å²) in [5, 5.41) is 4.15. The molecule has 0 aliphatic carbocycles. The fraction of sp³-hybridized carbons (Fsp3) is 0.438. The third-order valence-electron chi connectivity index (χ3n) is 3.43. The van der Waals surface area contributed by atoms with Crippen molar-refractivity contribution in [2.75, 3.05) is 29.1 Å². The Morgan fingerprint density at radius 3 is 2.95 bits per heavy atom. The highest BCUT2D eigenvalue weighted by molar-refractivity contribution is 8.06. The van der Waals surface area contributed by atoms with Gasteiger partial charge in [0.1, 0.15) is 11.5 Å². The van der Waals surface area contributed by atoms with Crippen LogP contribution >= 0.6 is 23.5 Å². The van der Waals surface area contributed by atoms with E-state index in [0.717, 1.165) is 30.2 Å². The van der Waals surface area contributed by atoms with Gasteiger partial charge < -0.3 is 5.32 Å². The number of anilines is 1. The zero-order valence-electron chi connectivity index (χ0n) is 12.7. The molecule has 1 saturated heterocycles. The van der Waals surface area contributed by atoms with Crippen molar-refractivity contribution in [2.45, 2.75) is 18.6 Å². The maximum Gasteiger partial charge on any atom is 0.180 e. The summed E-state index contributed by atoms with van der Waals surface area (Å²) < 4.78 is 0. The van der Waals surface area contributed by atoms with Crippen molar-refractivity contribution in [2.24, 2.45) is 0 Å². The van der Waals surface area contributed by atoms with E-state index >= 15 is 0 Å². The van der Waals surface area contributed by atoms with Gasteiger partial charge in [0, 0.05) is 47.0 Å². The average molecular weight is 332 g/mol. The Bertz CT molecular complexity index is 600. The molecule has 1 fully saturated rings. The molecule has 0 bridgehead atoms. The van der Waals surface area contributed by atoms with Gasteiger partial charge in [-0.1, -0.05) is 13.0 Å². The van der Waals surface area contributed by atoms with Crippen LogP contribution in [0.3, 0.4) is 0 Å². The molecule has 3 heterocycles. The Labute approximate surface area is 139 Å². The topological polar surface area (TPSA) is 50.7 Å². The summed E-state index contributed by atoms with van der Waals surface area (Å²) >= 11 is 4.10. The lowest BCUT2D eigenvalue weighted by atomic mass is 10.2. The van der Waals surface area contributed by atoms with Crippen molar-refractivity contribution in [3.63, 3.8) is 0 Å². The molecular formula is C16H20N4S2. The number of nitrogens with zero attached hydrogens (tertiary/aromatic N) is 3. The van der Waals surface area contributed by atoms with E-state index in [9.17, 15) is 0 Å². The highest BCUT2D eigenvalue weighted by Crippen LogP contribution is 2.24. The Kier molecular flexibility index (Phi) is 5.56. The molecule has 1 aliphatic rings. The van der Waals surface area contributed by atoms with Crippen LogP contribution in [0.1, 0.15) is 12.6 Å². The lowest BCUT2D eigenvalue weighted by Gasteiger charge is -2.21. The molecule has 0 spiro atoms. The van der Waals surface area contributed by atoms with Crippen LogP contribution in [0.5, 0.6) is 0 Å². The Morgan fingerprint density at radius 2 is 2.23 bits per heavy atom. The van der Waals surface area contributed by atoms with Gasteiger partial charge in [0.2, 0.25) is 0 Å². The molecule has 1 atom stereocenters. The summed E-state index contributed by atoms with van der Waals surface area (Å²) in [6.45, 7) is 3.07. The third kappa shape index (κ3) is 4.14. The molecule has 1 N–H and O–H groups in total. The van der Waals surface area contributed by atoms with E-state index in [1.807, 2.05) is 36.0 Å². The number of aromatic nitrogens is 3. The first-order chi connectivity index (χ1) is 10.8. The van der Waals surface area contributed by atoms with Gasteiger partial charge in [-0.25, -0.2) is 9.97 Å². The molecule has 0 radical (unpaired) electrons. The molecule has 0 amide bonds. The van der Waals surface area contributed by atoms with E-state index in [-0.39, 0.29) is 0 Å². The quantitative estimate of drug-likeness (QED) is 0.906. The molecule has 1 unspecified atom stereocenters. The van der Waals surface area contributed by atoms with E-state index in [1.165, 1.54) is 17.3 Å². The summed E-state index contributed by atoms with van der Waals surface area (Å²) in [5.41, 5.74) is 1.87. The van der Waals surface area contributed by atoms with Gasteiger partial charge in [0.25, 0.3) is 0 Å². The zero-order valence-corrected chi connectivity index (χ0v) is 14.3. The van der Waals surface area contributed by atoms with Gasteiger partial charge in [0.15, 0.2) is 5.82 Å². The molecule has 3 rings (SSSR count). The van der Waals surface area contributed by atoms with E-state index in [4.69, 9.17) is 0 Å². The van der Waals surface area contributed by atoms with Gasteiger partial charge in [-0.3, -0.25) is 4.98 Å². The van der Waals surface area contributed by atoms with Crippen molar-refractivity contribution in [1.82, 2.24) is 15.0 Å². The van der Waals surface area contributed by atoms with Gasteiger partial charge in [-0.05, 0) is 18.6 Å². The second-order valence-electron chi connectivity index (χ2n) is 5.09. The van der Waals surface area contributed by atoms with Crippen LogP contribution in [0.15, 0.2) is 30.5 Å². The summed E-state index contributed by atoms with van der Waals surface area (Å²) in [4.78, 5) is 13.6. The third-order valence-corrected chi connectivity index (χ3v) is 6.28. The number of thioether (sulfide) groups is 2. The molecule has 6 heteroatoms. The van der Waals surface area contributed by atoms with E-state index in [0.29, 0.717) is 11.1 Å². The minimum atomic E-state index is 0.664. The standard InChI is InChI=1S/C16H20N4S2/c1-2-12-9-15(18-10-13-11-21-7-8-22-13)20-16(19-12)14-5-3-4-6-17-14/h3-6,9,13H,2,7-8,10-11H2,1H3,(H,18,19,20). The number of hydrogen-bond acceptors (Lipinski definition) is 6. The predicted octanol–water partition coefficient (Wildman–Crippen LogP) is 3.36. The molecule has 116 valence electrons. The Hall–Kier alpha value is -1.27. The normalized spacial score (nSPS) is 18.1. The summed E-state index contributed by atoms with van der Waals surface area (Å²) in [6.07, 6.45) is 2.67. The van der Waals surface area contributed by atoms with Crippen molar-refractivity contribution in [3.05, 3.63) is 36.2 Å². The van der Waals surface area contributed by atoms with Gasteiger partial charge in [0.05, 0.1) is 0 Å². The van der Waals surface area contributed by atoms with Gasteiger partial charge in [-0.2, -0.15) is 23.5 Å². The van der Waals surface area contributed by atoms with Crippen LogP contribution in [0.25, 0.3) is 11.5 Å². The largest absolute Gasteiger partial charge is 0.369 e. The van der Waals surface area contributed by atoms with Crippen molar-refractivity contribution in [1.29, 1.82) is 0 Å². The van der Waals surface area contributed by atoms with Crippen LogP contribution in [0, 0.1) is 0 Å². The van der Waals surface area contributed by atoms with Crippen LogP contribution in [0.4, 0.5) is 5.82 Å². The lowest BCUT2D eigenvalue weighted by molar-refractivity contribution is 0.963. The maximum atomic E-state index is 4.64. The molecule has 22 heavy (non-hydrogen) atoms. The van der Waals surface area contributed by atoms with Crippen LogP contribution < -0.4 is 5.32 Å². The van der Waals surface area contributed by atoms with E-state index < -0.39 is 0 Å². The second-order valence-corrected chi connectivity index (χ2v) is 7.64. The minimum absolute atomic E-state index is 0.664. The van der Waals surface area contributed by atoms with Crippen molar-refractivity contribution >= 4 is 29.3 Å². The number of aryl methyl sites for hydroxylation is 1. The number of rotatable bonds is 5. The highest BCUT2D eigenvalue weighted by Gasteiger charge is 2.14. The fourth-order valence-corrected chi connectivity index (χ4v) is 4.86. The number of hydrogen-bond donors (Lipinski definition) is 1. The SMILES string of the molecule is CCc1cc(NCC2CSCCS2)nc(-c2ccccn2)n1. The van der Waals surface area contributed by atoms with Crippen molar-refractivity contribution in [3.8, 4) is 11.5 Å². The lowest BCUT2D eigenvalue weighted by Crippen LogP contribution is -2.23. The first-order valence-electron chi connectivity index (χ1n) is 7.57. The smallest absolute Gasteiger partial charge is 0.180 e. The number of nitrogens with one attached hydrogen (secondary N) is 1. The maximum absolute atomic E-state index is 4.64. The Morgan fingerprint density at radius 1 is 1.27 bits per heavy atom. The highest BCUT2D eigenvalue weighted by atomic mass is 32.2. The summed E-state index contributed by atoms with van der Waals surface area (Å²) in [5.74, 6) is 5.35. The van der Waals surface area contributed by atoms with Crippen LogP contribution in [-0.2, 0) is 6.42 Å². The zero-order chi connectivity index (χ0) is 15.2. The van der Waals surface area contributed by atoms with Crippen molar-refractivity contribution < 1.29 is 0 Å². The van der Waals surface area contributed by atoms with Crippen LogP contribution in [0.2, 0.25) is 0 Å². The fourth-order valence-electron chi connectivity index (χ4n) is 2.25.